The molecule has 1 N–H and O–H groups in total. The average molecular weight is 500 g/mol. The van der Waals surface area contributed by atoms with Gasteiger partial charge < -0.3 is 14.7 Å². The Labute approximate surface area is 207 Å². The first kappa shape index (κ1) is 25.3. The van der Waals surface area contributed by atoms with Crippen LogP contribution in [0.1, 0.15) is 49.2 Å². The van der Waals surface area contributed by atoms with Gasteiger partial charge in [0.25, 0.3) is 5.91 Å². The fourth-order valence-electron chi connectivity index (χ4n) is 4.61. The van der Waals surface area contributed by atoms with Gasteiger partial charge in [-0.2, -0.15) is 4.31 Å². The van der Waals surface area contributed by atoms with Crippen LogP contribution in [0.5, 0.6) is 5.75 Å². The van der Waals surface area contributed by atoms with Crippen LogP contribution in [-0.4, -0.2) is 72.5 Å². The molecule has 0 spiro atoms. The van der Waals surface area contributed by atoms with Gasteiger partial charge in [-0.05, 0) is 61.6 Å². The summed E-state index contributed by atoms with van der Waals surface area (Å²) < 4.78 is 35.0. The molecule has 1 aliphatic heterocycles. The first-order valence-corrected chi connectivity index (χ1v) is 13.5. The molecule has 9 heteroatoms. The van der Waals surface area contributed by atoms with Gasteiger partial charge in [-0.1, -0.05) is 25.1 Å². The molecule has 0 saturated heterocycles. The van der Waals surface area contributed by atoms with Crippen LogP contribution in [-0.2, 0) is 10.0 Å². The van der Waals surface area contributed by atoms with Gasteiger partial charge >= 0.3 is 0 Å². The maximum atomic E-state index is 13.6. The monoisotopic (exact) mass is 499 g/mol. The van der Waals surface area contributed by atoms with Gasteiger partial charge in [-0.25, -0.2) is 8.42 Å². The molecular formula is C26H33N3O5S. The standard InChI is InChI=1S/C26H33N3O5S/c1-18-15-29(19(2)17-30)35(32,33)25-12-11-21(20-8-4-5-9-20)14-23(25)34-24(18)16-28(3)26(31)22-10-6-7-13-27-22/h6-8,10-14,18-19,24,30H,4-5,9,15-17H2,1-3H3/t18-,19+,24-/m1/s1. The largest absolute Gasteiger partial charge is 0.487 e. The third kappa shape index (κ3) is 5.27. The second-order valence-electron chi connectivity index (χ2n) is 9.42. The van der Waals surface area contributed by atoms with Crippen molar-refractivity contribution < 1.29 is 23.1 Å². The number of amides is 1. The number of aromatic nitrogens is 1. The lowest BCUT2D eigenvalue weighted by atomic mass is 10.0. The lowest BCUT2D eigenvalue weighted by Gasteiger charge is -2.37. The minimum absolute atomic E-state index is 0.0794. The summed E-state index contributed by atoms with van der Waals surface area (Å²) in [6, 6.07) is 9.81. The van der Waals surface area contributed by atoms with Crippen molar-refractivity contribution in [3.05, 3.63) is 59.9 Å². The first-order valence-electron chi connectivity index (χ1n) is 12.0. The van der Waals surface area contributed by atoms with Crippen molar-refractivity contribution in [2.24, 2.45) is 5.92 Å². The molecule has 0 unspecified atom stereocenters. The molecule has 8 nitrogen and oxygen atoms in total. The Kier molecular flexibility index (Phi) is 7.59. The van der Waals surface area contributed by atoms with Gasteiger partial charge in [-0.3, -0.25) is 9.78 Å². The fraction of sp³-hybridized carbons (Fsp3) is 0.462. The van der Waals surface area contributed by atoms with Crippen LogP contribution in [0.3, 0.4) is 0 Å². The number of hydrogen-bond acceptors (Lipinski definition) is 6. The summed E-state index contributed by atoms with van der Waals surface area (Å²) in [5.74, 6) is -0.206. The Morgan fingerprint density at radius 3 is 2.77 bits per heavy atom. The Bertz CT molecular complexity index is 1200. The van der Waals surface area contributed by atoms with Crippen LogP contribution >= 0.6 is 0 Å². The Balaban J connectivity index is 1.72. The highest BCUT2D eigenvalue weighted by Crippen LogP contribution is 2.37. The summed E-state index contributed by atoms with van der Waals surface area (Å²) >= 11 is 0. The highest BCUT2D eigenvalue weighted by Gasteiger charge is 2.38. The van der Waals surface area contributed by atoms with Crippen molar-refractivity contribution in [3.63, 3.8) is 0 Å². The molecule has 0 bridgehead atoms. The number of sulfonamides is 1. The fourth-order valence-corrected chi connectivity index (χ4v) is 6.44. The molecule has 2 heterocycles. The topological polar surface area (TPSA) is 100 Å². The quantitative estimate of drug-likeness (QED) is 0.655. The SMILES string of the molecule is C[C@@H]1CN([C@@H](C)CO)S(=O)(=O)c2ccc(C3=CCCC3)cc2O[C@@H]1CN(C)C(=O)c1ccccn1. The van der Waals surface area contributed by atoms with E-state index in [4.69, 9.17) is 4.74 Å². The summed E-state index contributed by atoms with van der Waals surface area (Å²) in [7, 11) is -2.21. The smallest absolute Gasteiger partial charge is 0.272 e. The van der Waals surface area contributed by atoms with Crippen LogP contribution in [0, 0.1) is 5.92 Å². The number of carbonyl (C=O) groups is 1. The third-order valence-electron chi connectivity index (χ3n) is 6.76. The second kappa shape index (κ2) is 10.5. The zero-order valence-corrected chi connectivity index (χ0v) is 21.2. The number of hydrogen-bond donors (Lipinski definition) is 1. The number of ether oxygens (including phenoxy) is 1. The molecule has 1 aromatic heterocycles. The maximum Gasteiger partial charge on any atom is 0.272 e. The number of fused-ring (bicyclic) bond motifs is 1. The van der Waals surface area contributed by atoms with Crippen molar-refractivity contribution in [2.75, 3.05) is 26.7 Å². The van der Waals surface area contributed by atoms with Gasteiger partial charge in [0, 0.05) is 31.7 Å². The molecule has 2 aliphatic rings. The molecule has 3 atom stereocenters. The molecule has 4 rings (SSSR count). The van der Waals surface area contributed by atoms with Crippen LogP contribution in [0.25, 0.3) is 5.57 Å². The van der Waals surface area contributed by atoms with E-state index in [0.717, 1.165) is 24.8 Å². The molecule has 1 aromatic carbocycles. The lowest BCUT2D eigenvalue weighted by molar-refractivity contribution is 0.0559. The summed E-state index contributed by atoms with van der Waals surface area (Å²) in [4.78, 5) is 18.7. The highest BCUT2D eigenvalue weighted by molar-refractivity contribution is 7.89. The molecule has 35 heavy (non-hydrogen) atoms. The number of carbonyl (C=O) groups excluding carboxylic acids is 1. The zero-order chi connectivity index (χ0) is 25.2. The van der Waals surface area contributed by atoms with Crippen molar-refractivity contribution in [1.82, 2.24) is 14.2 Å². The first-order chi connectivity index (χ1) is 16.7. The number of allylic oxidation sites excluding steroid dienone is 2. The predicted octanol–water partition coefficient (Wildman–Crippen LogP) is 3.19. The minimum Gasteiger partial charge on any atom is -0.487 e. The molecule has 1 amide bonds. The van der Waals surface area contributed by atoms with Gasteiger partial charge in [0.05, 0.1) is 13.2 Å². The second-order valence-corrected chi connectivity index (χ2v) is 11.3. The number of nitrogens with zero attached hydrogens (tertiary/aromatic N) is 3. The van der Waals surface area contributed by atoms with Crippen molar-refractivity contribution in [2.45, 2.75) is 50.2 Å². The maximum absolute atomic E-state index is 13.6. The minimum atomic E-state index is -3.90. The number of pyridine rings is 1. The molecule has 0 radical (unpaired) electrons. The van der Waals surface area contributed by atoms with E-state index < -0.39 is 22.2 Å². The summed E-state index contributed by atoms with van der Waals surface area (Å²) in [6.07, 6.45) is 6.31. The number of rotatable bonds is 6. The number of aliphatic hydroxyl groups is 1. The van der Waals surface area contributed by atoms with E-state index in [1.165, 1.54) is 9.88 Å². The average Bonchev–Trinajstić information content (AvgIpc) is 3.40. The molecule has 188 valence electrons. The third-order valence-corrected chi connectivity index (χ3v) is 8.78. The molecular weight excluding hydrogens is 466 g/mol. The predicted molar refractivity (Wildman–Crippen MR) is 133 cm³/mol. The van der Waals surface area contributed by atoms with Crippen LogP contribution < -0.4 is 4.74 Å². The Morgan fingerprint density at radius 2 is 2.11 bits per heavy atom. The number of aliphatic hydroxyl groups excluding tert-OH is 1. The van der Waals surface area contributed by atoms with E-state index in [2.05, 4.69) is 11.1 Å². The van der Waals surface area contributed by atoms with E-state index in [1.807, 2.05) is 13.0 Å². The van der Waals surface area contributed by atoms with E-state index in [9.17, 15) is 18.3 Å². The Morgan fingerprint density at radius 1 is 1.31 bits per heavy atom. The van der Waals surface area contributed by atoms with Crippen molar-refractivity contribution in [3.8, 4) is 5.75 Å². The van der Waals surface area contributed by atoms with E-state index in [1.54, 1.807) is 55.4 Å². The van der Waals surface area contributed by atoms with Crippen molar-refractivity contribution in [1.29, 1.82) is 0 Å². The summed E-state index contributed by atoms with van der Waals surface area (Å²) in [6.45, 7) is 3.72. The molecule has 2 aromatic rings. The van der Waals surface area contributed by atoms with Crippen LogP contribution in [0.4, 0.5) is 0 Å². The summed E-state index contributed by atoms with van der Waals surface area (Å²) in [5.41, 5.74) is 2.47. The van der Waals surface area contributed by atoms with E-state index in [0.29, 0.717) is 5.69 Å². The molecule has 0 fully saturated rings. The number of likely N-dealkylation sites (N-methyl/N-ethyl adjacent to an activating group) is 1. The van der Waals surface area contributed by atoms with Gasteiger partial charge in [0.15, 0.2) is 0 Å². The molecule has 0 saturated carbocycles. The zero-order valence-electron chi connectivity index (χ0n) is 20.4. The van der Waals surface area contributed by atoms with Gasteiger partial charge in [-0.15, -0.1) is 0 Å². The highest BCUT2D eigenvalue weighted by atomic mass is 32.2. The Hall–Kier alpha value is -2.75. The van der Waals surface area contributed by atoms with E-state index in [-0.39, 0.29) is 42.2 Å². The van der Waals surface area contributed by atoms with Gasteiger partial charge in [0.2, 0.25) is 10.0 Å². The van der Waals surface area contributed by atoms with E-state index >= 15 is 0 Å². The lowest BCUT2D eigenvalue weighted by Crippen LogP contribution is -2.50. The van der Waals surface area contributed by atoms with Gasteiger partial charge in [0.1, 0.15) is 22.4 Å². The van der Waals surface area contributed by atoms with Crippen LogP contribution in [0.15, 0.2) is 53.6 Å². The number of benzene rings is 1. The molecule has 1 aliphatic carbocycles. The van der Waals surface area contributed by atoms with Crippen LogP contribution in [0.2, 0.25) is 0 Å². The van der Waals surface area contributed by atoms with Crippen molar-refractivity contribution >= 4 is 21.5 Å². The normalized spacial score (nSPS) is 22.8. The summed E-state index contributed by atoms with van der Waals surface area (Å²) in [5, 5.41) is 9.81.